The number of amides is 1. The van der Waals surface area contributed by atoms with E-state index in [2.05, 4.69) is 43.3 Å². The monoisotopic (exact) mass is 387 g/mol. The number of hydrogen-bond acceptors (Lipinski definition) is 3. The standard InChI is InChI=1S/C21H26N2O3S/c1-16-8-10-18(11-9-16)21(17-6-4-3-5-7-17)22-14-20(24)23(2)19-12-13-27(25,26)15-19/h3-11,19,21-22H,12-15H2,1-2H3/p+1/t19-,21+/m1/s1. The molecule has 0 saturated carbocycles. The Morgan fingerprint density at radius 2 is 1.74 bits per heavy atom. The quantitative estimate of drug-likeness (QED) is 0.812. The molecule has 2 aromatic rings. The third-order valence-electron chi connectivity index (χ3n) is 5.27. The first kappa shape index (κ1) is 19.6. The van der Waals surface area contributed by atoms with Crippen LogP contribution in [0.15, 0.2) is 54.6 Å². The molecular formula is C21H27N2O3S+. The van der Waals surface area contributed by atoms with E-state index in [-0.39, 0.29) is 36.0 Å². The van der Waals surface area contributed by atoms with Crippen LogP contribution in [0.2, 0.25) is 0 Å². The van der Waals surface area contributed by atoms with Crippen LogP contribution in [0.4, 0.5) is 0 Å². The van der Waals surface area contributed by atoms with E-state index < -0.39 is 9.84 Å². The molecule has 2 aromatic carbocycles. The highest BCUT2D eigenvalue weighted by atomic mass is 32.2. The van der Waals surface area contributed by atoms with Crippen LogP contribution in [0.1, 0.15) is 29.2 Å². The number of carbonyl (C=O) groups excluding carboxylic acids is 1. The molecule has 1 amide bonds. The van der Waals surface area contributed by atoms with Crippen molar-refractivity contribution in [1.29, 1.82) is 0 Å². The van der Waals surface area contributed by atoms with Gasteiger partial charge in [0.1, 0.15) is 6.04 Å². The van der Waals surface area contributed by atoms with Gasteiger partial charge < -0.3 is 10.2 Å². The molecule has 1 fully saturated rings. The molecule has 0 spiro atoms. The summed E-state index contributed by atoms with van der Waals surface area (Å²) in [5.74, 6) is 0.217. The summed E-state index contributed by atoms with van der Waals surface area (Å²) in [6.07, 6.45) is 0.532. The topological polar surface area (TPSA) is 71.1 Å². The number of nitrogens with zero attached hydrogens (tertiary/aromatic N) is 1. The molecule has 3 rings (SSSR count). The van der Waals surface area contributed by atoms with Gasteiger partial charge in [-0.3, -0.25) is 4.79 Å². The van der Waals surface area contributed by atoms with E-state index in [1.807, 2.05) is 23.5 Å². The zero-order chi connectivity index (χ0) is 19.4. The first-order valence-corrected chi connectivity index (χ1v) is 11.1. The number of rotatable bonds is 6. The summed E-state index contributed by atoms with van der Waals surface area (Å²) < 4.78 is 23.4. The lowest BCUT2D eigenvalue weighted by atomic mass is 9.98. The predicted molar refractivity (Wildman–Crippen MR) is 106 cm³/mol. The van der Waals surface area contributed by atoms with Gasteiger partial charge in [0.05, 0.1) is 11.5 Å². The van der Waals surface area contributed by atoms with Crippen molar-refractivity contribution >= 4 is 15.7 Å². The number of aryl methyl sites for hydroxylation is 1. The summed E-state index contributed by atoms with van der Waals surface area (Å²) in [5.41, 5.74) is 3.48. The number of carbonyl (C=O) groups is 1. The maximum absolute atomic E-state index is 12.7. The van der Waals surface area contributed by atoms with Gasteiger partial charge in [0.25, 0.3) is 5.91 Å². The Morgan fingerprint density at radius 1 is 1.11 bits per heavy atom. The highest BCUT2D eigenvalue weighted by Crippen LogP contribution is 2.19. The van der Waals surface area contributed by atoms with Gasteiger partial charge in [-0.05, 0) is 13.3 Å². The van der Waals surface area contributed by atoms with E-state index in [4.69, 9.17) is 0 Å². The number of likely N-dealkylation sites (N-methyl/N-ethyl adjacent to an activating group) is 1. The SMILES string of the molecule is Cc1ccc([C@@H]([NH2+]CC(=O)N(C)[C@@H]2CCS(=O)(=O)C2)c2ccccc2)cc1. The summed E-state index contributed by atoms with van der Waals surface area (Å²) in [7, 11) is -1.29. The minimum absolute atomic E-state index is 0.0245. The number of nitrogens with two attached hydrogens (primary N) is 1. The van der Waals surface area contributed by atoms with E-state index in [9.17, 15) is 13.2 Å². The number of benzene rings is 2. The fourth-order valence-corrected chi connectivity index (χ4v) is 5.32. The van der Waals surface area contributed by atoms with Gasteiger partial charge in [-0.1, -0.05) is 60.2 Å². The van der Waals surface area contributed by atoms with Gasteiger partial charge in [-0.15, -0.1) is 0 Å². The Labute approximate surface area is 161 Å². The van der Waals surface area contributed by atoms with Crippen LogP contribution in [0.25, 0.3) is 0 Å². The molecule has 144 valence electrons. The predicted octanol–water partition coefficient (Wildman–Crippen LogP) is 1.29. The van der Waals surface area contributed by atoms with Crippen molar-refractivity contribution in [3.8, 4) is 0 Å². The van der Waals surface area contributed by atoms with Crippen molar-refractivity contribution in [2.24, 2.45) is 0 Å². The molecule has 6 heteroatoms. The van der Waals surface area contributed by atoms with Gasteiger partial charge in [0.15, 0.2) is 16.4 Å². The van der Waals surface area contributed by atoms with E-state index in [0.717, 1.165) is 11.1 Å². The molecule has 0 aromatic heterocycles. The summed E-state index contributed by atoms with van der Waals surface area (Å²) in [6.45, 7) is 2.33. The van der Waals surface area contributed by atoms with Crippen molar-refractivity contribution in [3.63, 3.8) is 0 Å². The molecule has 2 N–H and O–H groups in total. The zero-order valence-corrected chi connectivity index (χ0v) is 16.7. The average molecular weight is 388 g/mol. The minimum Gasteiger partial charge on any atom is -0.337 e. The second-order valence-corrected chi connectivity index (χ2v) is 9.53. The molecule has 1 heterocycles. The smallest absolute Gasteiger partial charge is 0.277 e. The molecule has 1 aliphatic heterocycles. The largest absolute Gasteiger partial charge is 0.337 e. The maximum Gasteiger partial charge on any atom is 0.277 e. The van der Waals surface area contributed by atoms with Gasteiger partial charge in [-0.25, -0.2) is 8.42 Å². The van der Waals surface area contributed by atoms with Crippen LogP contribution in [0.5, 0.6) is 0 Å². The lowest BCUT2D eigenvalue weighted by Crippen LogP contribution is -2.87. The Hall–Kier alpha value is -2.18. The average Bonchev–Trinajstić information content (AvgIpc) is 3.03. The van der Waals surface area contributed by atoms with Crippen molar-refractivity contribution in [2.45, 2.75) is 25.4 Å². The second kappa shape index (κ2) is 8.23. The molecule has 0 bridgehead atoms. The lowest BCUT2D eigenvalue weighted by Gasteiger charge is -2.24. The van der Waals surface area contributed by atoms with Gasteiger partial charge in [-0.2, -0.15) is 0 Å². The van der Waals surface area contributed by atoms with Crippen molar-refractivity contribution in [1.82, 2.24) is 4.90 Å². The molecule has 0 unspecified atom stereocenters. The number of quaternary nitrogens is 1. The van der Waals surface area contributed by atoms with Gasteiger partial charge in [0, 0.05) is 24.2 Å². The van der Waals surface area contributed by atoms with Crippen LogP contribution in [-0.4, -0.2) is 50.4 Å². The van der Waals surface area contributed by atoms with E-state index in [0.29, 0.717) is 6.42 Å². The Bertz CT molecular complexity index is 879. The summed E-state index contributed by atoms with van der Waals surface area (Å²) in [5, 5.41) is 2.03. The number of sulfone groups is 1. The normalized spacial score (nSPS) is 19.6. The van der Waals surface area contributed by atoms with Crippen molar-refractivity contribution in [2.75, 3.05) is 25.1 Å². The van der Waals surface area contributed by atoms with Crippen LogP contribution in [0.3, 0.4) is 0 Å². The molecule has 27 heavy (non-hydrogen) atoms. The molecule has 0 aliphatic carbocycles. The fraction of sp³-hybridized carbons (Fsp3) is 0.381. The first-order valence-electron chi connectivity index (χ1n) is 9.26. The fourth-order valence-electron chi connectivity index (χ4n) is 3.55. The van der Waals surface area contributed by atoms with Crippen LogP contribution in [0, 0.1) is 6.92 Å². The highest BCUT2D eigenvalue weighted by molar-refractivity contribution is 7.91. The molecular weight excluding hydrogens is 360 g/mol. The molecule has 1 aliphatic rings. The Morgan fingerprint density at radius 3 is 2.33 bits per heavy atom. The minimum atomic E-state index is -3.00. The second-order valence-electron chi connectivity index (χ2n) is 7.30. The van der Waals surface area contributed by atoms with Crippen molar-refractivity contribution < 1.29 is 18.5 Å². The van der Waals surface area contributed by atoms with Gasteiger partial charge in [0.2, 0.25) is 0 Å². The third-order valence-corrected chi connectivity index (χ3v) is 7.02. The highest BCUT2D eigenvalue weighted by Gasteiger charge is 2.33. The number of hydrogen-bond donors (Lipinski definition) is 1. The van der Waals surface area contributed by atoms with Crippen molar-refractivity contribution in [3.05, 3.63) is 71.3 Å². The third kappa shape index (κ3) is 4.96. The molecule has 0 radical (unpaired) electrons. The first-order chi connectivity index (χ1) is 12.9. The summed E-state index contributed by atoms with van der Waals surface area (Å²) >= 11 is 0. The van der Waals surface area contributed by atoms with Gasteiger partial charge >= 0.3 is 0 Å². The Kier molecular flexibility index (Phi) is 5.97. The van der Waals surface area contributed by atoms with Crippen LogP contribution >= 0.6 is 0 Å². The summed E-state index contributed by atoms with van der Waals surface area (Å²) in [4.78, 5) is 14.3. The lowest BCUT2D eigenvalue weighted by molar-refractivity contribution is -0.677. The van der Waals surface area contributed by atoms with Crippen LogP contribution < -0.4 is 5.32 Å². The molecule has 1 saturated heterocycles. The molecule has 5 nitrogen and oxygen atoms in total. The van der Waals surface area contributed by atoms with Crippen LogP contribution in [-0.2, 0) is 14.6 Å². The summed E-state index contributed by atoms with van der Waals surface area (Å²) in [6, 6.07) is 18.3. The molecule has 2 atom stereocenters. The van der Waals surface area contributed by atoms with E-state index >= 15 is 0 Å². The van der Waals surface area contributed by atoms with E-state index in [1.54, 1.807) is 11.9 Å². The Balaban J connectivity index is 1.71. The van der Waals surface area contributed by atoms with E-state index in [1.165, 1.54) is 5.56 Å². The maximum atomic E-state index is 12.7. The zero-order valence-electron chi connectivity index (χ0n) is 15.8.